The van der Waals surface area contributed by atoms with Crippen molar-refractivity contribution in [3.63, 3.8) is 0 Å². The zero-order chi connectivity index (χ0) is 21.3. The predicted octanol–water partition coefficient (Wildman–Crippen LogP) is 5.24. The number of carbonyl (C=O) groups is 1. The third-order valence-corrected chi connectivity index (χ3v) is 6.15. The molecule has 1 atom stereocenters. The number of fused-ring (bicyclic) bond motifs is 1. The fourth-order valence-electron chi connectivity index (χ4n) is 2.99. The Bertz CT molecular complexity index is 1240. The van der Waals surface area contributed by atoms with Gasteiger partial charge in [0, 0.05) is 21.7 Å². The van der Waals surface area contributed by atoms with E-state index in [-0.39, 0.29) is 5.91 Å². The third kappa shape index (κ3) is 4.09. The summed E-state index contributed by atoms with van der Waals surface area (Å²) in [5, 5.41) is 14.1. The summed E-state index contributed by atoms with van der Waals surface area (Å²) in [6.07, 6.45) is 0. The maximum atomic E-state index is 12.8. The van der Waals surface area contributed by atoms with Crippen LogP contribution in [0.4, 0.5) is 5.69 Å². The first-order valence-electron chi connectivity index (χ1n) is 9.05. The van der Waals surface area contributed by atoms with Gasteiger partial charge in [0.1, 0.15) is 0 Å². The largest absolute Gasteiger partial charge is 0.335 e. The quantitative estimate of drug-likeness (QED) is 0.316. The molecule has 3 N–H and O–H groups in total. The Hall–Kier alpha value is -2.74. The minimum Gasteiger partial charge on any atom is -0.335 e. The molecule has 1 aromatic heterocycles. The summed E-state index contributed by atoms with van der Waals surface area (Å²) < 4.78 is 1.31. The SMILES string of the molecule is CC(Sc1nnc(-c2cc(Cl)ccc2Cl)n1N)C(=O)Nc1cccc2ccccc12. The minimum absolute atomic E-state index is 0.165. The van der Waals surface area contributed by atoms with Crippen LogP contribution in [0, 0.1) is 0 Å². The highest BCUT2D eigenvalue weighted by Crippen LogP contribution is 2.31. The van der Waals surface area contributed by atoms with Crippen molar-refractivity contribution in [1.29, 1.82) is 0 Å². The molecule has 4 aromatic rings. The van der Waals surface area contributed by atoms with Gasteiger partial charge in [-0.1, -0.05) is 71.4 Å². The van der Waals surface area contributed by atoms with E-state index in [4.69, 9.17) is 29.0 Å². The number of aromatic nitrogens is 3. The van der Waals surface area contributed by atoms with Crippen LogP contribution in [-0.2, 0) is 4.79 Å². The number of anilines is 1. The van der Waals surface area contributed by atoms with Gasteiger partial charge in [0.15, 0.2) is 5.82 Å². The maximum Gasteiger partial charge on any atom is 0.237 e. The van der Waals surface area contributed by atoms with Crippen molar-refractivity contribution in [1.82, 2.24) is 14.9 Å². The average molecular weight is 458 g/mol. The average Bonchev–Trinajstić information content (AvgIpc) is 3.10. The summed E-state index contributed by atoms with van der Waals surface area (Å²) in [5.74, 6) is 6.37. The Morgan fingerprint density at radius 2 is 1.87 bits per heavy atom. The highest BCUT2D eigenvalue weighted by Gasteiger charge is 2.21. The van der Waals surface area contributed by atoms with Gasteiger partial charge in [0.2, 0.25) is 11.1 Å². The molecular weight excluding hydrogens is 441 g/mol. The monoisotopic (exact) mass is 457 g/mol. The number of nitrogens with zero attached hydrogens (tertiary/aromatic N) is 3. The van der Waals surface area contributed by atoms with Gasteiger partial charge in [-0.25, -0.2) is 4.68 Å². The number of rotatable bonds is 5. The fraction of sp³-hybridized carbons (Fsp3) is 0.0952. The van der Waals surface area contributed by atoms with E-state index < -0.39 is 5.25 Å². The number of nitrogen functional groups attached to an aromatic ring is 1. The van der Waals surface area contributed by atoms with E-state index in [2.05, 4.69) is 15.5 Å². The van der Waals surface area contributed by atoms with Crippen LogP contribution in [0.2, 0.25) is 10.0 Å². The standard InChI is InChI=1S/C21H17Cl2N5OS/c1-12(20(29)25-18-8-4-6-13-5-2-3-7-15(13)18)30-21-27-26-19(28(21)24)16-11-14(22)9-10-17(16)23/h2-12H,24H2,1H3,(H,25,29). The number of hydrogen-bond acceptors (Lipinski definition) is 5. The molecule has 0 aliphatic carbocycles. The van der Waals surface area contributed by atoms with Crippen molar-refractivity contribution in [2.24, 2.45) is 0 Å². The second-order valence-electron chi connectivity index (χ2n) is 6.58. The van der Waals surface area contributed by atoms with Gasteiger partial charge in [0.05, 0.1) is 10.3 Å². The number of thioether (sulfide) groups is 1. The zero-order valence-corrected chi connectivity index (χ0v) is 18.2. The van der Waals surface area contributed by atoms with E-state index in [1.54, 1.807) is 25.1 Å². The molecule has 30 heavy (non-hydrogen) atoms. The molecule has 0 radical (unpaired) electrons. The molecule has 0 spiro atoms. The van der Waals surface area contributed by atoms with Gasteiger partial charge in [-0.05, 0) is 36.6 Å². The van der Waals surface area contributed by atoms with Crippen molar-refractivity contribution in [2.75, 3.05) is 11.2 Å². The van der Waals surface area contributed by atoms with Crippen molar-refractivity contribution >= 4 is 57.3 Å². The van der Waals surface area contributed by atoms with E-state index in [9.17, 15) is 4.79 Å². The van der Waals surface area contributed by atoms with E-state index in [1.165, 1.54) is 16.4 Å². The molecular formula is C21H17Cl2N5OS. The van der Waals surface area contributed by atoms with E-state index in [1.807, 2.05) is 42.5 Å². The van der Waals surface area contributed by atoms with Gasteiger partial charge in [-0.2, -0.15) is 0 Å². The Balaban J connectivity index is 1.53. The molecule has 0 bridgehead atoms. The lowest BCUT2D eigenvalue weighted by atomic mass is 10.1. The fourth-order valence-corrected chi connectivity index (χ4v) is 4.13. The van der Waals surface area contributed by atoms with Crippen molar-refractivity contribution < 1.29 is 4.79 Å². The van der Waals surface area contributed by atoms with Crippen LogP contribution >= 0.6 is 35.0 Å². The number of hydrogen-bond donors (Lipinski definition) is 2. The van der Waals surface area contributed by atoms with Crippen molar-refractivity contribution in [2.45, 2.75) is 17.3 Å². The molecule has 0 saturated carbocycles. The van der Waals surface area contributed by atoms with Crippen LogP contribution in [0.15, 0.2) is 65.8 Å². The molecule has 1 unspecified atom stereocenters. The summed E-state index contributed by atoms with van der Waals surface area (Å²) in [4.78, 5) is 12.8. The van der Waals surface area contributed by atoms with Crippen LogP contribution in [0.5, 0.6) is 0 Å². The summed E-state index contributed by atoms with van der Waals surface area (Å²) in [6, 6.07) is 18.7. The second-order valence-corrected chi connectivity index (χ2v) is 8.73. The molecule has 152 valence electrons. The van der Waals surface area contributed by atoms with Crippen LogP contribution in [0.25, 0.3) is 22.2 Å². The van der Waals surface area contributed by atoms with Crippen LogP contribution in [0.3, 0.4) is 0 Å². The number of amides is 1. The first-order chi connectivity index (χ1) is 14.4. The molecule has 4 rings (SSSR count). The third-order valence-electron chi connectivity index (χ3n) is 4.53. The highest BCUT2D eigenvalue weighted by molar-refractivity contribution is 8.00. The van der Waals surface area contributed by atoms with Crippen LogP contribution in [0.1, 0.15) is 6.92 Å². The number of halogens is 2. The van der Waals surface area contributed by atoms with Gasteiger partial charge < -0.3 is 11.2 Å². The molecule has 1 heterocycles. The summed E-state index contributed by atoms with van der Waals surface area (Å²) in [7, 11) is 0. The predicted molar refractivity (Wildman–Crippen MR) is 124 cm³/mol. The topological polar surface area (TPSA) is 85.8 Å². The van der Waals surface area contributed by atoms with Crippen LogP contribution in [-0.4, -0.2) is 26.0 Å². The number of nitrogens with one attached hydrogen (secondary N) is 1. The Kier molecular flexibility index (Phi) is 5.85. The zero-order valence-electron chi connectivity index (χ0n) is 15.8. The smallest absolute Gasteiger partial charge is 0.237 e. The molecule has 9 heteroatoms. The van der Waals surface area contributed by atoms with E-state index in [0.717, 1.165) is 16.5 Å². The van der Waals surface area contributed by atoms with E-state index in [0.29, 0.717) is 26.6 Å². The second kappa shape index (κ2) is 8.55. The van der Waals surface area contributed by atoms with Gasteiger partial charge >= 0.3 is 0 Å². The molecule has 0 saturated heterocycles. The molecule has 3 aromatic carbocycles. The number of nitrogens with two attached hydrogens (primary N) is 1. The summed E-state index contributed by atoms with van der Waals surface area (Å²) in [5.41, 5.74) is 1.32. The molecule has 1 amide bonds. The molecule has 6 nitrogen and oxygen atoms in total. The summed E-state index contributed by atoms with van der Waals surface area (Å²) in [6.45, 7) is 1.78. The number of carbonyl (C=O) groups excluding carboxylic acids is 1. The molecule has 0 aliphatic heterocycles. The van der Waals surface area contributed by atoms with Gasteiger partial charge in [-0.15, -0.1) is 10.2 Å². The molecule has 0 fully saturated rings. The Morgan fingerprint density at radius 1 is 1.10 bits per heavy atom. The lowest BCUT2D eigenvalue weighted by Gasteiger charge is -2.13. The van der Waals surface area contributed by atoms with Crippen molar-refractivity contribution in [3.05, 3.63) is 70.7 Å². The first kappa shape index (κ1) is 20.5. The highest BCUT2D eigenvalue weighted by atomic mass is 35.5. The first-order valence-corrected chi connectivity index (χ1v) is 10.7. The van der Waals surface area contributed by atoms with Gasteiger partial charge in [0.25, 0.3) is 0 Å². The number of benzene rings is 3. The Labute approximate surface area is 187 Å². The minimum atomic E-state index is -0.460. The summed E-state index contributed by atoms with van der Waals surface area (Å²) >= 11 is 13.5. The Morgan fingerprint density at radius 3 is 2.70 bits per heavy atom. The molecule has 0 aliphatic rings. The van der Waals surface area contributed by atoms with E-state index >= 15 is 0 Å². The van der Waals surface area contributed by atoms with Crippen molar-refractivity contribution in [3.8, 4) is 11.4 Å². The van der Waals surface area contributed by atoms with Gasteiger partial charge in [-0.3, -0.25) is 4.79 Å². The normalized spacial score (nSPS) is 12.1. The maximum absolute atomic E-state index is 12.8. The van der Waals surface area contributed by atoms with Crippen LogP contribution < -0.4 is 11.2 Å². The lowest BCUT2D eigenvalue weighted by molar-refractivity contribution is -0.115. The lowest BCUT2D eigenvalue weighted by Crippen LogP contribution is -2.23.